The zero-order chi connectivity index (χ0) is 13.1. The van der Waals surface area contributed by atoms with Crippen molar-refractivity contribution in [2.75, 3.05) is 11.5 Å². The Morgan fingerprint density at radius 3 is 2.65 bits per heavy atom. The van der Waals surface area contributed by atoms with Crippen LogP contribution in [0.4, 0.5) is 0 Å². The average molecular weight is 296 g/mol. The van der Waals surface area contributed by atoms with E-state index in [0.29, 0.717) is 11.4 Å². The lowest BCUT2D eigenvalue weighted by Gasteiger charge is -2.12. The van der Waals surface area contributed by atoms with Crippen LogP contribution in [0.1, 0.15) is 19.5 Å². The van der Waals surface area contributed by atoms with Gasteiger partial charge in [-0.1, -0.05) is 18.3 Å². The van der Waals surface area contributed by atoms with Gasteiger partial charge in [0.15, 0.2) is 4.21 Å². The summed E-state index contributed by atoms with van der Waals surface area (Å²) in [6, 6.07) is -0.151. The molecule has 1 heterocycles. The molecule has 1 atom stereocenters. The molecule has 0 aliphatic rings. The highest BCUT2D eigenvalue weighted by molar-refractivity contribution is 7.99. The van der Waals surface area contributed by atoms with E-state index in [-0.39, 0.29) is 15.1 Å². The molecule has 98 valence electrons. The number of rotatable bonds is 6. The minimum absolute atomic E-state index is 0.0795. The van der Waals surface area contributed by atoms with Crippen LogP contribution < -0.4 is 9.60 Å². The summed E-state index contributed by atoms with van der Waals surface area (Å²) in [5, 5.41) is 0. The molecule has 17 heavy (non-hydrogen) atoms. The molecule has 0 saturated heterocycles. The maximum atomic E-state index is 12.0. The van der Waals surface area contributed by atoms with E-state index in [1.165, 1.54) is 0 Å². The molecule has 0 radical (unpaired) electrons. The molecule has 2 N–H and O–H groups in total. The number of hydrogen-bond acceptors (Lipinski definition) is 5. The van der Waals surface area contributed by atoms with Crippen LogP contribution in [0.15, 0.2) is 9.00 Å². The van der Waals surface area contributed by atoms with Crippen molar-refractivity contribution in [1.82, 2.24) is 9.71 Å². The third-order valence-corrected chi connectivity index (χ3v) is 6.29. The molecule has 0 bridgehead atoms. The van der Waals surface area contributed by atoms with Crippen molar-refractivity contribution in [3.8, 4) is 0 Å². The van der Waals surface area contributed by atoms with E-state index in [1.54, 1.807) is 18.7 Å². The van der Waals surface area contributed by atoms with Crippen molar-refractivity contribution in [3.63, 3.8) is 0 Å². The zero-order valence-corrected chi connectivity index (χ0v) is 12.4. The highest BCUT2D eigenvalue weighted by atomic mass is 32.2. The van der Waals surface area contributed by atoms with Crippen molar-refractivity contribution >= 4 is 33.1 Å². The smallest absolute Gasteiger partial charge is 0.305 e. The molecule has 1 unspecified atom stereocenters. The predicted molar refractivity (Wildman–Crippen MR) is 72.5 cm³/mol. The predicted octanol–water partition coefficient (Wildman–Crippen LogP) is 1.16. The van der Waals surface area contributed by atoms with Gasteiger partial charge in [-0.25, -0.2) is 13.1 Å². The van der Waals surface area contributed by atoms with Gasteiger partial charge in [0.05, 0.1) is 0 Å². The topological polar surface area (TPSA) is 79.0 Å². The quantitative estimate of drug-likeness (QED) is 0.826. The maximum absolute atomic E-state index is 12.0. The van der Waals surface area contributed by atoms with E-state index >= 15 is 0 Å². The summed E-state index contributed by atoms with van der Waals surface area (Å²) in [7, 11) is -3.58. The summed E-state index contributed by atoms with van der Waals surface area (Å²) in [5.74, 6) is 1.66. The summed E-state index contributed by atoms with van der Waals surface area (Å²) in [6.07, 6.45) is 0. The van der Waals surface area contributed by atoms with Gasteiger partial charge in [0.25, 0.3) is 10.0 Å². The minimum Gasteiger partial charge on any atom is -0.315 e. The average Bonchev–Trinajstić information content (AvgIpc) is 2.55. The second-order valence-electron chi connectivity index (χ2n) is 3.61. The number of thiazole rings is 1. The van der Waals surface area contributed by atoms with Crippen molar-refractivity contribution in [3.05, 3.63) is 15.4 Å². The SMILES string of the molecule is CCSCC(C)NS(=O)(=O)c1sc(=O)[nH]c1C. The summed E-state index contributed by atoms with van der Waals surface area (Å²) in [5.41, 5.74) is 0.392. The Morgan fingerprint density at radius 1 is 1.53 bits per heavy atom. The van der Waals surface area contributed by atoms with Crippen LogP contribution in [-0.2, 0) is 10.0 Å². The van der Waals surface area contributed by atoms with Gasteiger partial charge in [-0.2, -0.15) is 11.8 Å². The number of H-pyrrole nitrogens is 1. The van der Waals surface area contributed by atoms with Gasteiger partial charge < -0.3 is 4.98 Å². The fourth-order valence-electron chi connectivity index (χ4n) is 1.29. The second kappa shape index (κ2) is 6.03. The Morgan fingerprint density at radius 2 is 2.18 bits per heavy atom. The lowest BCUT2D eigenvalue weighted by atomic mass is 10.4. The Labute approximate surface area is 109 Å². The number of nitrogens with one attached hydrogen (secondary N) is 2. The van der Waals surface area contributed by atoms with Crippen molar-refractivity contribution in [2.45, 2.75) is 31.0 Å². The van der Waals surface area contributed by atoms with Crippen LogP contribution in [0.2, 0.25) is 0 Å². The molecular weight excluding hydrogens is 280 g/mol. The number of aromatic amines is 1. The van der Waals surface area contributed by atoms with Crippen LogP contribution in [-0.4, -0.2) is 30.9 Å². The van der Waals surface area contributed by atoms with Gasteiger partial charge >= 0.3 is 4.87 Å². The second-order valence-corrected chi connectivity index (χ2v) is 7.82. The number of sulfonamides is 1. The van der Waals surface area contributed by atoms with E-state index in [2.05, 4.69) is 9.71 Å². The standard InChI is InChI=1S/C9H16N2O3S3/c1-4-15-5-6(2)11-17(13,14)8-7(3)10-9(12)16-8/h6,11H,4-5H2,1-3H3,(H,10,12). The van der Waals surface area contributed by atoms with Crippen molar-refractivity contribution in [2.24, 2.45) is 0 Å². The van der Waals surface area contributed by atoms with Gasteiger partial charge in [-0.15, -0.1) is 0 Å². The summed E-state index contributed by atoms with van der Waals surface area (Å²) in [4.78, 5) is 13.2. The molecule has 1 rings (SSSR count). The third-order valence-electron chi connectivity index (χ3n) is 1.95. The third kappa shape index (κ3) is 4.13. The first-order valence-electron chi connectivity index (χ1n) is 5.16. The maximum Gasteiger partial charge on any atom is 0.305 e. The van der Waals surface area contributed by atoms with Crippen LogP contribution >= 0.6 is 23.1 Å². The van der Waals surface area contributed by atoms with Gasteiger partial charge in [-0.3, -0.25) is 4.79 Å². The first kappa shape index (κ1) is 14.7. The van der Waals surface area contributed by atoms with Crippen molar-refractivity contribution in [1.29, 1.82) is 0 Å². The molecule has 0 saturated carbocycles. The normalized spacial score (nSPS) is 13.8. The lowest BCUT2D eigenvalue weighted by molar-refractivity contribution is 0.572. The van der Waals surface area contributed by atoms with E-state index in [1.807, 2.05) is 13.8 Å². The van der Waals surface area contributed by atoms with Crippen LogP contribution in [0, 0.1) is 6.92 Å². The van der Waals surface area contributed by atoms with Gasteiger partial charge in [0.2, 0.25) is 0 Å². The number of aryl methyl sites for hydroxylation is 1. The van der Waals surface area contributed by atoms with Crippen LogP contribution in [0.5, 0.6) is 0 Å². The van der Waals surface area contributed by atoms with E-state index in [4.69, 9.17) is 0 Å². The number of thioether (sulfide) groups is 1. The molecule has 1 aromatic heterocycles. The molecule has 0 amide bonds. The zero-order valence-electron chi connectivity index (χ0n) is 9.94. The molecule has 0 aromatic carbocycles. The molecular formula is C9H16N2O3S3. The van der Waals surface area contributed by atoms with Gasteiger partial charge in [0, 0.05) is 17.5 Å². The largest absolute Gasteiger partial charge is 0.315 e. The van der Waals surface area contributed by atoms with Crippen LogP contribution in [0.3, 0.4) is 0 Å². The summed E-state index contributed by atoms with van der Waals surface area (Å²) in [6.45, 7) is 5.41. The molecule has 5 nitrogen and oxygen atoms in total. The molecule has 8 heteroatoms. The minimum atomic E-state index is -3.58. The first-order valence-corrected chi connectivity index (χ1v) is 8.62. The van der Waals surface area contributed by atoms with Crippen LogP contribution in [0.25, 0.3) is 0 Å². The molecule has 0 spiro atoms. The summed E-state index contributed by atoms with van der Waals surface area (Å²) < 4.78 is 26.6. The number of hydrogen-bond donors (Lipinski definition) is 2. The monoisotopic (exact) mass is 296 g/mol. The molecule has 0 aliphatic carbocycles. The van der Waals surface area contributed by atoms with Gasteiger partial charge in [-0.05, 0) is 19.6 Å². The van der Waals surface area contributed by atoms with E-state index in [9.17, 15) is 13.2 Å². The first-order chi connectivity index (χ1) is 7.86. The number of aromatic nitrogens is 1. The Hall–Kier alpha value is -0.310. The van der Waals surface area contributed by atoms with E-state index < -0.39 is 10.0 Å². The highest BCUT2D eigenvalue weighted by Gasteiger charge is 2.22. The summed E-state index contributed by atoms with van der Waals surface area (Å²) >= 11 is 2.39. The van der Waals surface area contributed by atoms with Crippen molar-refractivity contribution < 1.29 is 8.42 Å². The molecule has 0 fully saturated rings. The fourth-order valence-corrected chi connectivity index (χ4v) is 4.63. The van der Waals surface area contributed by atoms with E-state index in [0.717, 1.165) is 17.1 Å². The molecule has 1 aromatic rings. The Kier molecular flexibility index (Phi) is 5.23. The Balaban J connectivity index is 2.82. The lowest BCUT2D eigenvalue weighted by Crippen LogP contribution is -2.34. The van der Waals surface area contributed by atoms with Gasteiger partial charge in [0.1, 0.15) is 0 Å². The fraction of sp³-hybridized carbons (Fsp3) is 0.667. The highest BCUT2D eigenvalue weighted by Crippen LogP contribution is 2.16. The Bertz CT molecular complexity index is 518. The molecule has 0 aliphatic heterocycles.